The van der Waals surface area contributed by atoms with Gasteiger partial charge in [-0.3, -0.25) is 4.99 Å². The fourth-order valence-electron chi connectivity index (χ4n) is 3.22. The predicted octanol–water partition coefficient (Wildman–Crippen LogP) is 1.53. The molecule has 0 amide bonds. The number of sulfonamides is 1. The summed E-state index contributed by atoms with van der Waals surface area (Å²) in [4.78, 5) is 7.06. The number of rotatable bonds is 8. The van der Waals surface area contributed by atoms with Gasteiger partial charge in [-0.1, -0.05) is 25.0 Å². The van der Waals surface area contributed by atoms with E-state index in [1.165, 1.54) is 45.8 Å². The van der Waals surface area contributed by atoms with E-state index in [1.807, 2.05) is 6.07 Å². The molecule has 1 aromatic rings. The summed E-state index contributed by atoms with van der Waals surface area (Å²) in [5.41, 5.74) is 0.888. The van der Waals surface area contributed by atoms with Gasteiger partial charge in [0, 0.05) is 20.1 Å². The summed E-state index contributed by atoms with van der Waals surface area (Å²) in [5.74, 6) is 0.729. The van der Waals surface area contributed by atoms with Gasteiger partial charge in [0.05, 0.1) is 4.90 Å². The van der Waals surface area contributed by atoms with Crippen LogP contribution in [-0.2, 0) is 16.6 Å². The van der Waals surface area contributed by atoms with Crippen molar-refractivity contribution in [2.75, 3.05) is 40.3 Å². The molecular weight excluding hydrogens is 362 g/mol. The van der Waals surface area contributed by atoms with Gasteiger partial charge in [0.2, 0.25) is 10.0 Å². The molecule has 1 heterocycles. The summed E-state index contributed by atoms with van der Waals surface area (Å²) in [6, 6.07) is 6.91. The van der Waals surface area contributed by atoms with Gasteiger partial charge >= 0.3 is 0 Å². The quantitative estimate of drug-likeness (QED) is 0.353. The van der Waals surface area contributed by atoms with Crippen molar-refractivity contribution in [3.8, 4) is 0 Å². The van der Waals surface area contributed by atoms with Gasteiger partial charge < -0.3 is 15.5 Å². The van der Waals surface area contributed by atoms with Gasteiger partial charge in [-0.05, 0) is 63.6 Å². The van der Waals surface area contributed by atoms with Crippen LogP contribution in [0.2, 0.25) is 0 Å². The maximum Gasteiger partial charge on any atom is 0.240 e. The lowest BCUT2D eigenvalue weighted by atomic mass is 10.2. The van der Waals surface area contributed by atoms with E-state index in [0.29, 0.717) is 6.54 Å². The molecule has 1 aliphatic rings. The fraction of sp³-hybridized carbons (Fsp3) is 0.632. The van der Waals surface area contributed by atoms with E-state index in [4.69, 9.17) is 0 Å². The zero-order valence-electron chi connectivity index (χ0n) is 16.5. The highest BCUT2D eigenvalue weighted by atomic mass is 32.2. The number of guanidine groups is 1. The van der Waals surface area contributed by atoms with Crippen LogP contribution in [-0.4, -0.2) is 59.6 Å². The lowest BCUT2D eigenvalue weighted by Gasteiger charge is -2.20. The Hall–Kier alpha value is -1.64. The Morgan fingerprint density at radius 3 is 2.56 bits per heavy atom. The lowest BCUT2D eigenvalue weighted by Crippen LogP contribution is -2.38. The highest BCUT2D eigenvalue weighted by molar-refractivity contribution is 7.89. The first kappa shape index (κ1) is 21.7. The standard InChI is InChI=1S/C19H33N5O2S/c1-20-19(22-11-8-14-24-12-5-3-4-6-13-24)23-16-17-9-7-10-18(15-17)27(25,26)21-2/h7,9-10,15,21H,3-6,8,11-14,16H2,1-2H3,(H2,20,22,23). The molecule has 1 fully saturated rings. The van der Waals surface area contributed by atoms with E-state index in [1.54, 1.807) is 25.2 Å². The second kappa shape index (κ2) is 11.3. The van der Waals surface area contributed by atoms with Crippen molar-refractivity contribution in [1.29, 1.82) is 0 Å². The highest BCUT2D eigenvalue weighted by Crippen LogP contribution is 2.11. The Labute approximate surface area is 163 Å². The zero-order valence-corrected chi connectivity index (χ0v) is 17.3. The second-order valence-corrected chi connectivity index (χ2v) is 8.70. The maximum absolute atomic E-state index is 11.9. The van der Waals surface area contributed by atoms with Crippen molar-refractivity contribution < 1.29 is 8.42 Å². The van der Waals surface area contributed by atoms with Crippen LogP contribution in [0.5, 0.6) is 0 Å². The highest BCUT2D eigenvalue weighted by Gasteiger charge is 2.11. The van der Waals surface area contributed by atoms with E-state index in [-0.39, 0.29) is 4.90 Å². The molecular formula is C19H33N5O2S. The minimum absolute atomic E-state index is 0.268. The van der Waals surface area contributed by atoms with E-state index in [9.17, 15) is 8.42 Å². The molecule has 152 valence electrons. The molecule has 1 aliphatic heterocycles. The minimum Gasteiger partial charge on any atom is -0.356 e. The number of aliphatic imine (C=N–C) groups is 1. The molecule has 0 atom stereocenters. The lowest BCUT2D eigenvalue weighted by molar-refractivity contribution is 0.282. The summed E-state index contributed by atoms with van der Waals surface area (Å²) >= 11 is 0. The number of nitrogens with zero attached hydrogens (tertiary/aromatic N) is 2. The molecule has 1 aromatic carbocycles. The Balaban J connectivity index is 1.74. The number of likely N-dealkylation sites (tertiary alicyclic amines) is 1. The molecule has 3 N–H and O–H groups in total. The molecule has 0 aliphatic carbocycles. The summed E-state index contributed by atoms with van der Waals surface area (Å²) < 4.78 is 26.1. The van der Waals surface area contributed by atoms with Crippen LogP contribution in [0.4, 0.5) is 0 Å². The average Bonchev–Trinajstić information content (AvgIpc) is 2.96. The SMILES string of the molecule is CN=C(NCCCN1CCCCCC1)NCc1cccc(S(=O)(=O)NC)c1. The first-order valence-corrected chi connectivity index (χ1v) is 11.2. The van der Waals surface area contributed by atoms with Gasteiger partial charge in [0.25, 0.3) is 0 Å². The van der Waals surface area contributed by atoms with Gasteiger partial charge in [0.1, 0.15) is 0 Å². The average molecular weight is 396 g/mol. The molecule has 0 bridgehead atoms. The van der Waals surface area contributed by atoms with Crippen LogP contribution in [0, 0.1) is 0 Å². The van der Waals surface area contributed by atoms with Crippen LogP contribution in [0.25, 0.3) is 0 Å². The van der Waals surface area contributed by atoms with Crippen LogP contribution in [0.3, 0.4) is 0 Å². The van der Waals surface area contributed by atoms with Crippen molar-refractivity contribution in [2.24, 2.45) is 4.99 Å². The Morgan fingerprint density at radius 2 is 1.89 bits per heavy atom. The molecule has 0 unspecified atom stereocenters. The van der Waals surface area contributed by atoms with Crippen molar-refractivity contribution in [3.63, 3.8) is 0 Å². The summed E-state index contributed by atoms with van der Waals surface area (Å²) in [7, 11) is -0.268. The van der Waals surface area contributed by atoms with Crippen LogP contribution in [0.1, 0.15) is 37.7 Å². The third-order valence-corrected chi connectivity index (χ3v) is 6.22. The van der Waals surface area contributed by atoms with Crippen LogP contribution >= 0.6 is 0 Å². The van der Waals surface area contributed by atoms with E-state index in [2.05, 4.69) is 25.2 Å². The Bertz CT molecular complexity index is 698. The molecule has 0 spiro atoms. The van der Waals surface area contributed by atoms with Crippen molar-refractivity contribution in [2.45, 2.75) is 43.5 Å². The molecule has 0 aromatic heterocycles. The number of hydrogen-bond donors (Lipinski definition) is 3. The van der Waals surface area contributed by atoms with Crippen molar-refractivity contribution in [3.05, 3.63) is 29.8 Å². The molecule has 0 saturated carbocycles. The second-order valence-electron chi connectivity index (χ2n) is 6.82. The van der Waals surface area contributed by atoms with Gasteiger partial charge in [0.15, 0.2) is 5.96 Å². The zero-order chi connectivity index (χ0) is 19.5. The fourth-order valence-corrected chi connectivity index (χ4v) is 4.02. The first-order chi connectivity index (χ1) is 13.0. The largest absolute Gasteiger partial charge is 0.356 e. The van der Waals surface area contributed by atoms with Gasteiger partial charge in [-0.25, -0.2) is 13.1 Å². The third kappa shape index (κ3) is 7.48. The molecule has 2 rings (SSSR count). The van der Waals surface area contributed by atoms with E-state index >= 15 is 0 Å². The van der Waals surface area contributed by atoms with Crippen LogP contribution in [0.15, 0.2) is 34.2 Å². The molecule has 7 nitrogen and oxygen atoms in total. The smallest absolute Gasteiger partial charge is 0.240 e. The van der Waals surface area contributed by atoms with Crippen molar-refractivity contribution in [1.82, 2.24) is 20.3 Å². The van der Waals surface area contributed by atoms with Gasteiger partial charge in [-0.2, -0.15) is 0 Å². The summed E-state index contributed by atoms with van der Waals surface area (Å²) in [5, 5.41) is 6.57. The Kier molecular flexibility index (Phi) is 9.03. The normalized spacial score (nSPS) is 16.7. The number of nitrogens with one attached hydrogen (secondary N) is 3. The predicted molar refractivity (Wildman–Crippen MR) is 110 cm³/mol. The summed E-state index contributed by atoms with van der Waals surface area (Å²) in [6.07, 6.45) is 6.44. The molecule has 8 heteroatoms. The van der Waals surface area contributed by atoms with Gasteiger partial charge in [-0.15, -0.1) is 0 Å². The first-order valence-electron chi connectivity index (χ1n) is 9.74. The summed E-state index contributed by atoms with van der Waals surface area (Å²) in [6.45, 7) is 4.94. The number of hydrogen-bond acceptors (Lipinski definition) is 4. The van der Waals surface area contributed by atoms with E-state index < -0.39 is 10.0 Å². The molecule has 27 heavy (non-hydrogen) atoms. The topological polar surface area (TPSA) is 85.8 Å². The molecule has 1 saturated heterocycles. The molecule has 0 radical (unpaired) electrons. The van der Waals surface area contributed by atoms with Crippen LogP contribution < -0.4 is 15.4 Å². The monoisotopic (exact) mass is 395 g/mol. The van der Waals surface area contributed by atoms with Crippen molar-refractivity contribution >= 4 is 16.0 Å². The van der Waals surface area contributed by atoms with E-state index in [0.717, 1.165) is 31.0 Å². The minimum atomic E-state index is -3.42. The number of benzene rings is 1. The maximum atomic E-state index is 11.9. The third-order valence-electron chi connectivity index (χ3n) is 4.80. The Morgan fingerprint density at radius 1 is 1.15 bits per heavy atom.